The second-order valence-electron chi connectivity index (χ2n) is 4.55. The van der Waals surface area contributed by atoms with Crippen LogP contribution >= 0.6 is 23.2 Å². The highest BCUT2D eigenvalue weighted by Gasteiger charge is 2.16. The van der Waals surface area contributed by atoms with Crippen LogP contribution in [0.15, 0.2) is 30.7 Å². The van der Waals surface area contributed by atoms with E-state index < -0.39 is 5.82 Å². The minimum absolute atomic E-state index is 0.226. The Morgan fingerprint density at radius 2 is 1.95 bits per heavy atom. The molecule has 0 spiro atoms. The molecule has 0 aliphatic carbocycles. The fraction of sp³-hybridized carbons (Fsp3) is 0.0714. The van der Waals surface area contributed by atoms with E-state index in [0.29, 0.717) is 16.6 Å². The molecule has 0 saturated heterocycles. The Hall–Kier alpha value is -2.16. The van der Waals surface area contributed by atoms with E-state index in [2.05, 4.69) is 5.10 Å². The van der Waals surface area contributed by atoms with E-state index >= 15 is 0 Å². The third-order valence-corrected chi connectivity index (χ3v) is 3.58. The van der Waals surface area contributed by atoms with Crippen molar-refractivity contribution >= 4 is 34.1 Å². The zero-order chi connectivity index (χ0) is 15.1. The van der Waals surface area contributed by atoms with E-state index in [-0.39, 0.29) is 15.6 Å². The first-order valence-corrected chi connectivity index (χ1v) is 6.69. The van der Waals surface area contributed by atoms with Gasteiger partial charge in [0.05, 0.1) is 27.1 Å². The van der Waals surface area contributed by atoms with Crippen LogP contribution < -0.4 is 4.57 Å². The fourth-order valence-corrected chi connectivity index (χ4v) is 2.79. The molecule has 104 valence electrons. The monoisotopic (exact) mass is 321 g/mol. The van der Waals surface area contributed by atoms with E-state index in [1.54, 1.807) is 24.0 Å². The molecular weight excluding hydrogens is 314 g/mol. The zero-order valence-electron chi connectivity index (χ0n) is 10.8. The predicted octanol–water partition coefficient (Wildman–Crippen LogP) is 3.17. The lowest BCUT2D eigenvalue weighted by atomic mass is 10.2. The maximum Gasteiger partial charge on any atom is 0.214 e. The van der Waals surface area contributed by atoms with Gasteiger partial charge in [-0.1, -0.05) is 23.2 Å². The van der Waals surface area contributed by atoms with Gasteiger partial charge in [0.2, 0.25) is 12.0 Å². The first-order chi connectivity index (χ1) is 9.99. The lowest BCUT2D eigenvalue weighted by molar-refractivity contribution is -0.671. The van der Waals surface area contributed by atoms with E-state index in [0.717, 1.165) is 0 Å². The molecule has 2 aromatic heterocycles. The zero-order valence-corrected chi connectivity index (χ0v) is 12.3. The Labute approximate surface area is 129 Å². The Kier molecular flexibility index (Phi) is 3.28. The second-order valence-corrected chi connectivity index (χ2v) is 5.36. The Morgan fingerprint density at radius 1 is 1.29 bits per heavy atom. The summed E-state index contributed by atoms with van der Waals surface area (Å²) < 4.78 is 16.9. The number of hydrogen-bond acceptors (Lipinski definition) is 2. The molecule has 0 bridgehead atoms. The third kappa shape index (κ3) is 2.33. The number of fused-ring (bicyclic) bond motifs is 1. The Balaban J connectivity index is 2.27. The average Bonchev–Trinajstić information content (AvgIpc) is 2.81. The van der Waals surface area contributed by atoms with Crippen molar-refractivity contribution in [2.24, 2.45) is 7.05 Å². The highest BCUT2D eigenvalue weighted by molar-refractivity contribution is 6.38. The molecule has 0 saturated carbocycles. The molecule has 0 aliphatic heterocycles. The number of benzene rings is 1. The fourth-order valence-electron chi connectivity index (χ4n) is 2.13. The van der Waals surface area contributed by atoms with Crippen molar-refractivity contribution in [1.82, 2.24) is 9.78 Å². The summed E-state index contributed by atoms with van der Waals surface area (Å²) in [6, 6.07) is 4.95. The predicted molar refractivity (Wildman–Crippen MR) is 76.9 cm³/mol. The third-order valence-electron chi connectivity index (χ3n) is 3.00. The topological polar surface area (TPSA) is 45.5 Å². The van der Waals surface area contributed by atoms with Crippen molar-refractivity contribution in [2.45, 2.75) is 0 Å². The molecule has 3 rings (SSSR count). The van der Waals surface area contributed by atoms with Crippen molar-refractivity contribution in [2.75, 3.05) is 0 Å². The van der Waals surface area contributed by atoms with Crippen LogP contribution in [-0.2, 0) is 7.05 Å². The summed E-state index contributed by atoms with van der Waals surface area (Å²) in [6.45, 7) is 0. The van der Waals surface area contributed by atoms with Gasteiger partial charge in [0.15, 0.2) is 6.20 Å². The summed E-state index contributed by atoms with van der Waals surface area (Å²) in [5, 5.41) is 14.2. The summed E-state index contributed by atoms with van der Waals surface area (Å²) in [4.78, 5) is 0. The van der Waals surface area contributed by atoms with Gasteiger partial charge in [0.25, 0.3) is 0 Å². The van der Waals surface area contributed by atoms with Crippen LogP contribution in [0.25, 0.3) is 16.6 Å². The molecule has 7 heteroatoms. The minimum atomic E-state index is -0.436. The van der Waals surface area contributed by atoms with Crippen molar-refractivity contribution < 1.29 is 8.96 Å². The van der Waals surface area contributed by atoms with Crippen LogP contribution in [0.2, 0.25) is 10.0 Å². The van der Waals surface area contributed by atoms with Crippen LogP contribution in [0, 0.1) is 17.1 Å². The summed E-state index contributed by atoms with van der Waals surface area (Å²) >= 11 is 12.3. The lowest BCUT2D eigenvalue weighted by Gasteiger charge is -2.07. The van der Waals surface area contributed by atoms with Gasteiger partial charge in [-0.05, 0) is 12.1 Å². The van der Waals surface area contributed by atoms with Gasteiger partial charge in [0.1, 0.15) is 18.3 Å². The molecule has 3 aromatic rings. The van der Waals surface area contributed by atoms with Crippen LogP contribution in [0.5, 0.6) is 0 Å². The van der Waals surface area contributed by atoms with Crippen LogP contribution in [0.3, 0.4) is 0 Å². The number of nitriles is 1. The van der Waals surface area contributed by atoms with Gasteiger partial charge in [0, 0.05) is 6.20 Å². The largest absolute Gasteiger partial charge is 0.236 e. The van der Waals surface area contributed by atoms with Gasteiger partial charge >= 0.3 is 0 Å². The van der Waals surface area contributed by atoms with Crippen molar-refractivity contribution in [1.29, 1.82) is 5.26 Å². The molecule has 0 unspecified atom stereocenters. The summed E-state index contributed by atoms with van der Waals surface area (Å²) in [6.07, 6.45) is 4.71. The van der Waals surface area contributed by atoms with Crippen molar-refractivity contribution in [3.63, 3.8) is 0 Å². The standard InChI is InChI=1S/C14H8Cl2FN4/c1-20-5-9-6-21(19-13(9)12(17)7-20)14-10(15)2-8(4-18)3-11(14)16/h2-3,5-7H,1H3/q+1. The van der Waals surface area contributed by atoms with Gasteiger partial charge in [-0.2, -0.15) is 14.8 Å². The van der Waals surface area contributed by atoms with Crippen molar-refractivity contribution in [3.05, 3.63) is 52.1 Å². The number of aryl methyl sites for hydroxylation is 1. The molecule has 0 radical (unpaired) electrons. The highest BCUT2D eigenvalue weighted by atomic mass is 35.5. The number of hydrogen-bond donors (Lipinski definition) is 0. The maximum atomic E-state index is 13.9. The van der Waals surface area contributed by atoms with E-state index in [9.17, 15) is 4.39 Å². The molecule has 21 heavy (non-hydrogen) atoms. The average molecular weight is 322 g/mol. The van der Waals surface area contributed by atoms with Crippen LogP contribution in [0.1, 0.15) is 5.56 Å². The maximum absolute atomic E-state index is 13.9. The van der Waals surface area contributed by atoms with Gasteiger partial charge in [-0.15, -0.1) is 0 Å². The van der Waals surface area contributed by atoms with E-state index in [1.165, 1.54) is 23.0 Å². The van der Waals surface area contributed by atoms with Gasteiger partial charge < -0.3 is 0 Å². The molecule has 2 heterocycles. The van der Waals surface area contributed by atoms with Crippen LogP contribution in [-0.4, -0.2) is 9.78 Å². The molecule has 0 fully saturated rings. The number of nitrogens with zero attached hydrogens (tertiary/aromatic N) is 4. The van der Waals surface area contributed by atoms with Crippen molar-refractivity contribution in [3.8, 4) is 11.8 Å². The molecule has 4 nitrogen and oxygen atoms in total. The summed E-state index contributed by atoms with van der Waals surface area (Å²) in [7, 11) is 1.72. The quantitative estimate of drug-likeness (QED) is 0.646. The summed E-state index contributed by atoms with van der Waals surface area (Å²) in [5.74, 6) is -0.436. The normalized spacial score (nSPS) is 10.8. The number of halogens is 3. The van der Waals surface area contributed by atoms with Gasteiger partial charge in [-0.3, -0.25) is 0 Å². The highest BCUT2D eigenvalue weighted by Crippen LogP contribution is 2.30. The van der Waals surface area contributed by atoms with E-state index in [4.69, 9.17) is 28.5 Å². The van der Waals surface area contributed by atoms with E-state index in [1.807, 2.05) is 6.07 Å². The first-order valence-electron chi connectivity index (χ1n) is 5.93. The summed E-state index contributed by atoms with van der Waals surface area (Å²) in [5.41, 5.74) is 0.989. The number of rotatable bonds is 1. The SMILES string of the molecule is C[n+]1cc(F)c2nn(-c3c(Cl)cc(C#N)cc3Cl)cc2c1. The number of aromatic nitrogens is 3. The Bertz CT molecular complexity index is 888. The smallest absolute Gasteiger partial charge is 0.214 e. The molecule has 0 N–H and O–H groups in total. The van der Waals surface area contributed by atoms with Crippen LogP contribution in [0.4, 0.5) is 4.39 Å². The second kappa shape index (κ2) is 4.99. The molecule has 1 aromatic carbocycles. The Morgan fingerprint density at radius 3 is 2.57 bits per heavy atom. The first kappa shape index (κ1) is 13.8. The molecule has 0 amide bonds. The number of pyridine rings is 1. The molecule has 0 aliphatic rings. The minimum Gasteiger partial charge on any atom is -0.236 e. The molecular formula is C14H8Cl2FN4+. The van der Waals surface area contributed by atoms with Gasteiger partial charge in [-0.25, -0.2) is 9.25 Å². The lowest BCUT2D eigenvalue weighted by Crippen LogP contribution is -2.27. The molecule has 0 atom stereocenters.